The number of methoxy groups -OCH3 is 2. The molecule has 4 aromatic rings. The fourth-order valence-corrected chi connectivity index (χ4v) is 3.85. The van der Waals surface area contributed by atoms with E-state index in [9.17, 15) is 4.79 Å². The molecule has 0 bridgehead atoms. The number of para-hydroxylation sites is 1. The zero-order valence-corrected chi connectivity index (χ0v) is 16.9. The summed E-state index contributed by atoms with van der Waals surface area (Å²) in [4.78, 5) is 12.6. The molecule has 5 heteroatoms. The van der Waals surface area contributed by atoms with E-state index < -0.39 is 0 Å². The van der Waals surface area contributed by atoms with Crippen LogP contribution in [0.5, 0.6) is 11.5 Å². The third-order valence-corrected chi connectivity index (χ3v) is 5.18. The highest BCUT2D eigenvalue weighted by Crippen LogP contribution is 2.31. The third-order valence-electron chi connectivity index (χ3n) is 5.18. The molecule has 0 saturated carbocycles. The highest BCUT2D eigenvalue weighted by molar-refractivity contribution is 6.09. The van der Waals surface area contributed by atoms with E-state index in [4.69, 9.17) is 9.47 Å². The molecule has 1 amide bonds. The van der Waals surface area contributed by atoms with E-state index in [0.717, 1.165) is 23.2 Å². The minimum Gasteiger partial charge on any atom is -0.493 e. The largest absolute Gasteiger partial charge is 0.493 e. The molecule has 0 aliphatic rings. The van der Waals surface area contributed by atoms with Crippen molar-refractivity contribution in [3.63, 3.8) is 0 Å². The summed E-state index contributed by atoms with van der Waals surface area (Å²) >= 11 is 0. The Labute approximate surface area is 169 Å². The summed E-state index contributed by atoms with van der Waals surface area (Å²) in [5.41, 5.74) is 4.04. The van der Waals surface area contributed by atoms with E-state index in [-0.39, 0.29) is 12.3 Å². The van der Waals surface area contributed by atoms with Gasteiger partial charge in [-0.25, -0.2) is 0 Å². The van der Waals surface area contributed by atoms with Gasteiger partial charge < -0.3 is 19.4 Å². The van der Waals surface area contributed by atoms with Gasteiger partial charge in [0.1, 0.15) is 0 Å². The molecular formula is C24H24N2O3. The number of carbonyl (C=O) groups is 1. The summed E-state index contributed by atoms with van der Waals surface area (Å²) in [6.45, 7) is 3.04. The molecule has 1 heterocycles. The predicted octanol–water partition coefficient (Wildman–Crippen LogP) is 5.01. The molecule has 4 rings (SSSR count). The fourth-order valence-electron chi connectivity index (χ4n) is 3.85. The van der Waals surface area contributed by atoms with Gasteiger partial charge in [-0.2, -0.15) is 0 Å². The maximum Gasteiger partial charge on any atom is 0.228 e. The van der Waals surface area contributed by atoms with E-state index in [1.807, 2.05) is 30.3 Å². The number of nitrogens with one attached hydrogen (secondary N) is 1. The molecule has 3 aromatic carbocycles. The second kappa shape index (κ2) is 7.87. The van der Waals surface area contributed by atoms with Crippen molar-refractivity contribution in [2.24, 2.45) is 0 Å². The molecule has 0 spiro atoms. The zero-order chi connectivity index (χ0) is 20.4. The van der Waals surface area contributed by atoms with Gasteiger partial charge >= 0.3 is 0 Å². The Morgan fingerprint density at radius 3 is 2.41 bits per heavy atom. The van der Waals surface area contributed by atoms with Crippen LogP contribution in [0.15, 0.2) is 60.7 Å². The number of aromatic nitrogens is 1. The number of nitrogens with zero attached hydrogens (tertiary/aromatic N) is 1. The number of anilines is 1. The van der Waals surface area contributed by atoms with Gasteiger partial charge in [0, 0.05) is 34.0 Å². The normalized spacial score (nSPS) is 11.0. The zero-order valence-electron chi connectivity index (χ0n) is 16.9. The first-order valence-corrected chi connectivity index (χ1v) is 9.66. The number of fused-ring (bicyclic) bond motifs is 3. The molecule has 1 N–H and O–H groups in total. The Morgan fingerprint density at radius 2 is 1.66 bits per heavy atom. The lowest BCUT2D eigenvalue weighted by Crippen LogP contribution is -2.14. The first kappa shape index (κ1) is 18.9. The van der Waals surface area contributed by atoms with Crippen molar-refractivity contribution in [2.45, 2.75) is 19.9 Å². The molecule has 0 aliphatic heterocycles. The van der Waals surface area contributed by atoms with Crippen molar-refractivity contribution < 1.29 is 14.3 Å². The van der Waals surface area contributed by atoms with Crippen LogP contribution in [-0.4, -0.2) is 24.7 Å². The summed E-state index contributed by atoms with van der Waals surface area (Å²) in [7, 11) is 3.18. The first-order valence-electron chi connectivity index (χ1n) is 9.66. The van der Waals surface area contributed by atoms with Gasteiger partial charge in [-0.1, -0.05) is 24.3 Å². The van der Waals surface area contributed by atoms with Crippen molar-refractivity contribution in [1.82, 2.24) is 4.57 Å². The smallest absolute Gasteiger partial charge is 0.228 e. The lowest BCUT2D eigenvalue weighted by molar-refractivity contribution is -0.115. The lowest BCUT2D eigenvalue weighted by Gasteiger charge is -2.10. The van der Waals surface area contributed by atoms with E-state index in [2.05, 4.69) is 47.1 Å². The molecule has 29 heavy (non-hydrogen) atoms. The van der Waals surface area contributed by atoms with Gasteiger partial charge in [-0.05, 0) is 48.9 Å². The fraction of sp³-hybridized carbons (Fsp3) is 0.208. The maximum atomic E-state index is 12.6. The van der Waals surface area contributed by atoms with Crippen LogP contribution in [-0.2, 0) is 17.8 Å². The first-order chi connectivity index (χ1) is 14.1. The van der Waals surface area contributed by atoms with E-state index in [1.54, 1.807) is 14.2 Å². The molecule has 0 unspecified atom stereocenters. The number of hydrogen-bond donors (Lipinski definition) is 1. The van der Waals surface area contributed by atoms with Crippen molar-refractivity contribution in [1.29, 1.82) is 0 Å². The van der Waals surface area contributed by atoms with Crippen molar-refractivity contribution in [2.75, 3.05) is 19.5 Å². The summed E-state index contributed by atoms with van der Waals surface area (Å²) in [6.07, 6.45) is 0.259. The predicted molar refractivity (Wildman–Crippen MR) is 117 cm³/mol. The average Bonchev–Trinajstić information content (AvgIpc) is 3.06. The van der Waals surface area contributed by atoms with Crippen LogP contribution in [0.2, 0.25) is 0 Å². The number of rotatable bonds is 6. The van der Waals surface area contributed by atoms with E-state index in [0.29, 0.717) is 11.5 Å². The molecule has 148 valence electrons. The Bertz CT molecular complexity index is 1190. The molecule has 0 aliphatic carbocycles. The summed E-state index contributed by atoms with van der Waals surface area (Å²) in [5, 5.41) is 5.36. The highest BCUT2D eigenvalue weighted by Gasteiger charge is 2.12. The number of benzene rings is 3. The van der Waals surface area contributed by atoms with Crippen LogP contribution < -0.4 is 14.8 Å². The highest BCUT2D eigenvalue weighted by atomic mass is 16.5. The quantitative estimate of drug-likeness (QED) is 0.505. The van der Waals surface area contributed by atoms with Gasteiger partial charge in [0.2, 0.25) is 5.91 Å². The van der Waals surface area contributed by atoms with E-state index >= 15 is 0 Å². The van der Waals surface area contributed by atoms with E-state index in [1.165, 1.54) is 16.4 Å². The maximum absolute atomic E-state index is 12.6. The number of hydrogen-bond acceptors (Lipinski definition) is 3. The van der Waals surface area contributed by atoms with Crippen molar-refractivity contribution in [3.05, 3.63) is 66.2 Å². The van der Waals surface area contributed by atoms with Crippen LogP contribution in [0, 0.1) is 0 Å². The van der Waals surface area contributed by atoms with Crippen LogP contribution in [0.1, 0.15) is 12.5 Å². The van der Waals surface area contributed by atoms with Crippen molar-refractivity contribution >= 4 is 33.4 Å². The molecule has 0 fully saturated rings. The third kappa shape index (κ3) is 3.51. The van der Waals surface area contributed by atoms with Crippen LogP contribution >= 0.6 is 0 Å². The SMILES string of the molecule is CCn1c2ccccc2c2cc(NC(=O)Cc3ccc(OC)c(OC)c3)ccc21. The van der Waals surface area contributed by atoms with Crippen LogP contribution in [0.3, 0.4) is 0 Å². The summed E-state index contributed by atoms with van der Waals surface area (Å²) in [6, 6.07) is 20.0. The van der Waals surface area contributed by atoms with Crippen LogP contribution in [0.4, 0.5) is 5.69 Å². The Hall–Kier alpha value is -3.47. The van der Waals surface area contributed by atoms with Crippen LogP contribution in [0.25, 0.3) is 21.8 Å². The minimum atomic E-state index is -0.0733. The van der Waals surface area contributed by atoms with Gasteiger partial charge in [0.25, 0.3) is 0 Å². The van der Waals surface area contributed by atoms with Crippen molar-refractivity contribution in [3.8, 4) is 11.5 Å². The Kier molecular flexibility index (Phi) is 5.12. The van der Waals surface area contributed by atoms with Gasteiger partial charge in [0.05, 0.1) is 20.6 Å². The summed E-state index contributed by atoms with van der Waals surface area (Å²) < 4.78 is 12.9. The van der Waals surface area contributed by atoms with Gasteiger partial charge in [-0.3, -0.25) is 4.79 Å². The summed E-state index contributed by atoms with van der Waals surface area (Å²) in [5.74, 6) is 1.19. The topological polar surface area (TPSA) is 52.5 Å². The standard InChI is InChI=1S/C24H24N2O3/c1-4-26-20-8-6-5-7-18(20)19-15-17(10-11-21(19)26)25-24(27)14-16-9-12-22(28-2)23(13-16)29-3/h5-13,15H,4,14H2,1-3H3,(H,25,27). The minimum absolute atomic E-state index is 0.0733. The number of amides is 1. The molecule has 0 atom stereocenters. The Morgan fingerprint density at radius 1 is 0.897 bits per heavy atom. The lowest BCUT2D eigenvalue weighted by atomic mass is 10.1. The monoisotopic (exact) mass is 388 g/mol. The van der Waals surface area contributed by atoms with Gasteiger partial charge in [-0.15, -0.1) is 0 Å². The molecule has 0 saturated heterocycles. The number of ether oxygens (including phenoxy) is 2. The van der Waals surface area contributed by atoms with Gasteiger partial charge in [0.15, 0.2) is 11.5 Å². The molecule has 0 radical (unpaired) electrons. The second-order valence-corrected chi connectivity index (χ2v) is 6.91. The number of aryl methyl sites for hydroxylation is 1. The Balaban J connectivity index is 1.59. The average molecular weight is 388 g/mol. The molecule has 5 nitrogen and oxygen atoms in total. The second-order valence-electron chi connectivity index (χ2n) is 6.91. The molecule has 1 aromatic heterocycles. The number of carbonyl (C=O) groups excluding carboxylic acids is 1. The molecular weight excluding hydrogens is 364 g/mol.